The van der Waals surface area contributed by atoms with E-state index in [9.17, 15) is 9.90 Å². The second-order valence-electron chi connectivity index (χ2n) is 14.5. The van der Waals surface area contributed by atoms with Gasteiger partial charge < -0.3 is 9.52 Å². The van der Waals surface area contributed by atoms with Gasteiger partial charge >= 0.3 is 0 Å². The van der Waals surface area contributed by atoms with Crippen LogP contribution in [0.25, 0.3) is 54.7 Å². The number of furan rings is 1. The molecule has 0 unspecified atom stereocenters. The number of hydrogen-bond donors (Lipinski definition) is 1. The summed E-state index contributed by atoms with van der Waals surface area (Å²) < 4.78 is 7.53. The molecule has 0 aliphatic carbocycles. The standard InChI is InChI=1S/C28H21N2OS.C15H28O2.Ir/c1-28(2,3)21-15-19(14-17-6-4-5-7-20(17)21)26-27-18(10-12-29-26)16-24(31-27)22-8-9-25-23(30-22)11-13-32-25;1-7-14(5,8-2)12(16)11-13(17)15(6,9-3)10-4;/h4-13,15-16H,1-3H3;11,16H,7-10H2,1-6H3;/q-1;;/b;12-11-;. The molecule has 7 heteroatoms. The van der Waals surface area contributed by atoms with Gasteiger partial charge in [-0.05, 0) is 66.8 Å². The molecule has 50 heavy (non-hydrogen) atoms. The van der Waals surface area contributed by atoms with Gasteiger partial charge in [-0.1, -0.05) is 91.5 Å². The first-order valence-electron chi connectivity index (χ1n) is 17.4. The van der Waals surface area contributed by atoms with E-state index in [2.05, 4.69) is 68.6 Å². The number of carbonyl (C=O) groups is 1. The summed E-state index contributed by atoms with van der Waals surface area (Å²) in [7, 11) is 0. The Morgan fingerprint density at radius 3 is 2.24 bits per heavy atom. The first-order valence-corrected chi connectivity index (χ1v) is 18.3. The zero-order valence-corrected chi connectivity index (χ0v) is 33.9. The molecule has 6 rings (SSSR count). The van der Waals surface area contributed by atoms with Gasteiger partial charge in [0.1, 0.15) is 17.0 Å². The largest absolute Gasteiger partial charge is 0.512 e. The summed E-state index contributed by atoms with van der Waals surface area (Å²) in [6, 6.07) is 24.4. The maximum atomic E-state index is 12.2. The molecule has 0 aliphatic heterocycles. The average molecular weight is 866 g/mol. The van der Waals surface area contributed by atoms with E-state index in [4.69, 9.17) is 14.4 Å². The van der Waals surface area contributed by atoms with Crippen LogP contribution in [-0.2, 0) is 30.3 Å². The number of rotatable bonds is 9. The fourth-order valence-corrected chi connectivity index (χ4v) is 6.66. The maximum Gasteiger partial charge on any atom is 0.164 e. The normalized spacial score (nSPS) is 12.5. The van der Waals surface area contributed by atoms with Crippen LogP contribution in [0.5, 0.6) is 0 Å². The summed E-state index contributed by atoms with van der Waals surface area (Å²) in [5.41, 5.74) is 5.00. The molecule has 265 valence electrons. The zero-order chi connectivity index (χ0) is 35.6. The fourth-order valence-electron chi connectivity index (χ4n) is 5.93. The van der Waals surface area contributed by atoms with E-state index >= 15 is 0 Å². The van der Waals surface area contributed by atoms with Gasteiger partial charge in [0, 0.05) is 54.3 Å². The van der Waals surface area contributed by atoms with Crippen molar-refractivity contribution in [3.63, 3.8) is 0 Å². The topological polar surface area (TPSA) is 76.2 Å². The predicted molar refractivity (Wildman–Crippen MR) is 206 cm³/mol. The van der Waals surface area contributed by atoms with E-state index in [1.807, 2.05) is 72.0 Å². The molecule has 1 N–H and O–H groups in total. The fraction of sp³-hybridized carbons (Fsp3) is 0.372. The Hall–Kier alpha value is -3.64. The number of carbonyl (C=O) groups excluding carboxylic acids is 1. The Labute approximate surface area is 314 Å². The molecule has 0 amide bonds. The second-order valence-corrected chi connectivity index (χ2v) is 15.5. The van der Waals surface area contributed by atoms with Gasteiger partial charge in [0.05, 0.1) is 10.2 Å². The van der Waals surface area contributed by atoms with Gasteiger partial charge in [0.15, 0.2) is 11.5 Å². The van der Waals surface area contributed by atoms with E-state index < -0.39 is 0 Å². The van der Waals surface area contributed by atoms with Crippen LogP contribution in [0.15, 0.2) is 88.5 Å². The van der Waals surface area contributed by atoms with E-state index in [1.54, 1.807) is 11.3 Å². The Morgan fingerprint density at radius 1 is 0.900 bits per heavy atom. The first kappa shape index (κ1) is 39.2. The van der Waals surface area contributed by atoms with Gasteiger partial charge in [-0.25, -0.2) is 4.98 Å². The number of thiophene rings is 1. The number of nitrogens with zero attached hydrogens (tertiary/aromatic N) is 2. The minimum Gasteiger partial charge on any atom is -0.512 e. The molecular weight excluding hydrogens is 817 g/mol. The molecule has 0 aliphatic rings. The van der Waals surface area contributed by atoms with Crippen LogP contribution in [-0.4, -0.2) is 20.9 Å². The first-order chi connectivity index (χ1) is 23.3. The number of benzene rings is 2. The van der Waals surface area contributed by atoms with Gasteiger partial charge in [-0.3, -0.25) is 9.78 Å². The van der Waals surface area contributed by atoms with Crippen molar-refractivity contribution in [1.82, 2.24) is 9.97 Å². The zero-order valence-electron chi connectivity index (χ0n) is 30.7. The minimum atomic E-state index is -0.337. The molecule has 0 spiro atoms. The van der Waals surface area contributed by atoms with Crippen molar-refractivity contribution in [2.24, 2.45) is 10.8 Å². The summed E-state index contributed by atoms with van der Waals surface area (Å²) >= 11 is 1.69. The van der Waals surface area contributed by atoms with Gasteiger partial charge in [-0.2, -0.15) is 0 Å². The van der Waals surface area contributed by atoms with Crippen LogP contribution < -0.4 is 0 Å². The third-order valence-corrected chi connectivity index (χ3v) is 11.3. The van der Waals surface area contributed by atoms with Crippen molar-refractivity contribution in [1.29, 1.82) is 0 Å². The molecule has 0 saturated heterocycles. The molecule has 5 nitrogen and oxygen atoms in total. The van der Waals surface area contributed by atoms with Crippen molar-refractivity contribution in [3.8, 4) is 22.7 Å². The molecular formula is C43H49IrN2O3S-. The Morgan fingerprint density at radius 2 is 1.58 bits per heavy atom. The Bertz CT molecular complexity index is 2130. The van der Waals surface area contributed by atoms with Crippen LogP contribution >= 0.6 is 11.3 Å². The monoisotopic (exact) mass is 866 g/mol. The van der Waals surface area contributed by atoms with Crippen LogP contribution in [0.2, 0.25) is 0 Å². The molecule has 0 fully saturated rings. The smallest absolute Gasteiger partial charge is 0.164 e. The third-order valence-electron chi connectivity index (χ3n) is 10.4. The number of fused-ring (bicyclic) bond motifs is 3. The summed E-state index contributed by atoms with van der Waals surface area (Å²) in [6.07, 6.45) is 6.59. The van der Waals surface area contributed by atoms with Crippen LogP contribution in [0, 0.1) is 16.9 Å². The molecule has 0 bridgehead atoms. The molecule has 0 atom stereocenters. The van der Waals surface area contributed by atoms with Crippen molar-refractivity contribution < 1.29 is 34.4 Å². The van der Waals surface area contributed by atoms with Gasteiger partial charge in [0.2, 0.25) is 0 Å². The maximum absolute atomic E-state index is 12.2. The average Bonchev–Trinajstić information content (AvgIpc) is 3.77. The van der Waals surface area contributed by atoms with E-state index in [1.165, 1.54) is 21.7 Å². The number of aliphatic hydroxyl groups excluding tert-OH is 1. The number of allylic oxidation sites excluding steroid dienone is 2. The molecule has 1 radical (unpaired) electrons. The van der Waals surface area contributed by atoms with Crippen LogP contribution in [0.1, 0.15) is 93.6 Å². The number of ketones is 1. The SMILES string of the molecule is CC(C)(C)c1cc(-c2nccc3cc(-c4ccc5sccc5n4)oc23)[c-]c2ccccc12.CCC(C)(CC)C(=O)/C=C(\O)C(C)(CC)CC.[Ir]. The van der Waals surface area contributed by atoms with E-state index in [0.717, 1.165) is 70.3 Å². The quantitative estimate of drug-likeness (QED) is 0.0890. The molecule has 2 aromatic carbocycles. The van der Waals surface area contributed by atoms with Gasteiger partial charge in [0.25, 0.3) is 0 Å². The number of hydrogen-bond acceptors (Lipinski definition) is 6. The summed E-state index contributed by atoms with van der Waals surface area (Å²) in [5, 5.41) is 15.5. The Balaban J connectivity index is 0.000000269. The molecule has 6 aromatic rings. The third kappa shape index (κ3) is 7.96. The number of aliphatic hydroxyl groups is 1. The van der Waals surface area contributed by atoms with Crippen LogP contribution in [0.3, 0.4) is 0 Å². The van der Waals surface area contributed by atoms with E-state index in [-0.39, 0.29) is 47.9 Å². The van der Waals surface area contributed by atoms with Crippen LogP contribution in [0.4, 0.5) is 0 Å². The minimum absolute atomic E-state index is 0. The molecule has 4 aromatic heterocycles. The number of aromatic nitrogens is 2. The van der Waals surface area contributed by atoms with Crippen molar-refractivity contribution >= 4 is 49.1 Å². The van der Waals surface area contributed by atoms with Crippen molar-refractivity contribution in [2.75, 3.05) is 0 Å². The predicted octanol–water partition coefficient (Wildman–Crippen LogP) is 12.7. The molecule has 4 heterocycles. The van der Waals surface area contributed by atoms with Gasteiger partial charge in [-0.15, -0.1) is 40.5 Å². The summed E-state index contributed by atoms with van der Waals surface area (Å²) in [5.74, 6) is 1.04. The summed E-state index contributed by atoms with van der Waals surface area (Å²) in [4.78, 5) is 21.7. The van der Waals surface area contributed by atoms with E-state index in [0.29, 0.717) is 0 Å². The molecule has 0 saturated carbocycles. The second kappa shape index (κ2) is 15.7. The van der Waals surface area contributed by atoms with Crippen molar-refractivity contribution in [2.45, 2.75) is 93.4 Å². The summed E-state index contributed by atoms with van der Waals surface area (Å²) in [6.45, 7) is 18.8. The van der Waals surface area contributed by atoms with Crippen molar-refractivity contribution in [3.05, 3.63) is 95.7 Å². The number of pyridine rings is 2. The Kier molecular flexibility index (Phi) is 12.3.